The summed E-state index contributed by atoms with van der Waals surface area (Å²) in [6, 6.07) is 12.1. The molecule has 3 aliphatic heterocycles. The van der Waals surface area contributed by atoms with Crippen molar-refractivity contribution in [3.63, 3.8) is 0 Å². The number of phosphoric acid groups is 1. The Hall–Kier alpha value is -5.76. The van der Waals surface area contributed by atoms with E-state index in [4.69, 9.17) is 36.6 Å². The predicted octanol–water partition coefficient (Wildman–Crippen LogP) is 4.19. The Kier molecular flexibility index (Phi) is 13.9. The van der Waals surface area contributed by atoms with Gasteiger partial charge in [-0.2, -0.15) is 0 Å². The third-order valence-corrected chi connectivity index (χ3v) is 14.0. The van der Waals surface area contributed by atoms with Crippen molar-refractivity contribution < 1.29 is 59.6 Å². The van der Waals surface area contributed by atoms with E-state index in [0.717, 1.165) is 17.2 Å². The molecular weight excluding hydrogens is 916 g/mol. The summed E-state index contributed by atoms with van der Waals surface area (Å²) in [7, 11) is -9.10. The number of imidazole rings is 2. The van der Waals surface area contributed by atoms with Gasteiger partial charge in [0.25, 0.3) is 0 Å². The van der Waals surface area contributed by atoms with Crippen LogP contribution >= 0.6 is 15.8 Å². The molecule has 4 aromatic heterocycles. The third kappa shape index (κ3) is 9.70. The Morgan fingerprint density at radius 1 is 0.939 bits per heavy atom. The molecule has 5 aromatic rings. The van der Waals surface area contributed by atoms with E-state index < -0.39 is 108 Å². The summed E-state index contributed by atoms with van der Waals surface area (Å²) in [6.07, 6.45) is -11.0. The Morgan fingerprint density at radius 3 is 2.32 bits per heavy atom. The minimum atomic E-state index is -4.95. The van der Waals surface area contributed by atoms with Gasteiger partial charge < -0.3 is 0 Å². The normalized spacial score (nSPS) is 28.1. The molecule has 9 atom stereocenters. The number of rotatable bonds is 12. The number of nitrogens with zero attached hydrogens (tertiary/aromatic N) is 9. The van der Waals surface area contributed by atoms with Crippen LogP contribution in [0.1, 0.15) is 49.5 Å². The van der Waals surface area contributed by atoms with Crippen LogP contribution in [0.25, 0.3) is 22.3 Å². The number of aromatic amines is 1. The standard InChI is InChI=1S/C38H42F2N12O12P2/c1-20(2)33(53)49-38-48-32-27(35(55)50-38)46-19-52(32)37-25(40)29-22(61-37)15-59-65(3,57-13-7-11-41)63-28-23(16-60-66(56,64-29)58-14-8-12-42)62-36(24(28)39)51-18-45-26-30(43-17-44-31(26)51)47-34(54)21-9-5-4-6-10-21/h4-6,9-10,17-20,22-25,28-29,36-37,65H,7-8,13-16H2,1-3H3,(H,43,44,47,54)(H2,48,49,50,53,55)/t22-,23-,24-,25-,28-,29-,36-,37-,66?/m1/s1. The molecule has 3 fully saturated rings. The van der Waals surface area contributed by atoms with Gasteiger partial charge in [0.05, 0.1) is 0 Å². The number of ether oxygens (including phenoxy) is 2. The number of phosphoric ester groups is 1. The maximum atomic E-state index is 17.1. The molecule has 3 N–H and O–H groups in total. The molecule has 0 radical (unpaired) electrons. The quantitative estimate of drug-likeness (QED) is 0.117. The van der Waals surface area contributed by atoms with E-state index in [-0.39, 0.29) is 53.5 Å². The molecule has 28 heteroatoms. The molecule has 66 heavy (non-hydrogen) atoms. The molecule has 0 aliphatic carbocycles. The number of fused-ring (bicyclic) bond motifs is 4. The van der Waals surface area contributed by atoms with Gasteiger partial charge in [0.1, 0.15) is 0 Å². The van der Waals surface area contributed by atoms with Gasteiger partial charge in [-0.05, 0) is 0 Å². The molecule has 3 aliphatic rings. The number of aromatic nitrogens is 8. The van der Waals surface area contributed by atoms with Crippen molar-refractivity contribution in [3.05, 3.63) is 65.2 Å². The summed E-state index contributed by atoms with van der Waals surface area (Å²) in [4.78, 5) is 61.9. The fourth-order valence-electron chi connectivity index (χ4n) is 7.19. The second-order valence-electron chi connectivity index (χ2n) is 15.3. The van der Waals surface area contributed by atoms with E-state index in [1.807, 2.05) is 12.1 Å². The molecule has 1 unspecified atom stereocenters. The first kappa shape index (κ1) is 46.8. The molecule has 350 valence electrons. The zero-order chi connectivity index (χ0) is 46.8. The fraction of sp³-hybridized carbons (Fsp3) is 0.474. The molecule has 8 rings (SSSR count). The molecule has 2 amide bonds. The summed E-state index contributed by atoms with van der Waals surface area (Å²) < 4.78 is 98.9. The van der Waals surface area contributed by atoms with E-state index >= 15 is 8.78 Å². The second-order valence-corrected chi connectivity index (χ2v) is 19.5. The van der Waals surface area contributed by atoms with Gasteiger partial charge in [0, 0.05) is 0 Å². The first-order chi connectivity index (χ1) is 31.7. The molecule has 0 saturated carbocycles. The van der Waals surface area contributed by atoms with Crippen LogP contribution < -0.4 is 16.2 Å². The minimum absolute atomic E-state index is 0.0196. The van der Waals surface area contributed by atoms with Crippen molar-refractivity contribution in [2.45, 2.75) is 75.9 Å². The Morgan fingerprint density at radius 2 is 1.61 bits per heavy atom. The number of alkyl halides is 2. The van der Waals surface area contributed by atoms with Crippen LogP contribution in [-0.2, 0) is 46.0 Å². The van der Waals surface area contributed by atoms with Crippen molar-refractivity contribution in [3.8, 4) is 12.1 Å². The first-order valence-corrected chi connectivity index (χ1v) is 24.1. The number of nitriles is 2. The molecule has 24 nitrogen and oxygen atoms in total. The van der Waals surface area contributed by atoms with Crippen molar-refractivity contribution >= 4 is 61.7 Å². The summed E-state index contributed by atoms with van der Waals surface area (Å²) in [5.41, 5.74) is -0.726. The van der Waals surface area contributed by atoms with E-state index in [2.05, 4.69) is 40.5 Å². The van der Waals surface area contributed by atoms with Gasteiger partial charge >= 0.3 is 342 Å². The summed E-state index contributed by atoms with van der Waals surface area (Å²) in [5, 5.41) is 23.7. The maximum absolute atomic E-state index is 17.1. The van der Waals surface area contributed by atoms with Crippen molar-refractivity contribution in [1.82, 2.24) is 39.0 Å². The van der Waals surface area contributed by atoms with Crippen LogP contribution in [0.5, 0.6) is 0 Å². The molecule has 7 heterocycles. The second kappa shape index (κ2) is 19.6. The van der Waals surface area contributed by atoms with Crippen molar-refractivity contribution in [2.75, 3.05) is 43.7 Å². The van der Waals surface area contributed by atoms with Crippen LogP contribution in [0.2, 0.25) is 0 Å². The van der Waals surface area contributed by atoms with Gasteiger partial charge in [0.2, 0.25) is 0 Å². The van der Waals surface area contributed by atoms with Crippen LogP contribution in [0.3, 0.4) is 0 Å². The van der Waals surface area contributed by atoms with Gasteiger partial charge in [-0.15, -0.1) is 0 Å². The number of carbonyl (C=O) groups excluding carboxylic acids is 2. The van der Waals surface area contributed by atoms with Crippen molar-refractivity contribution in [1.29, 1.82) is 10.5 Å². The number of nitrogens with one attached hydrogen (secondary N) is 3. The number of amides is 2. The van der Waals surface area contributed by atoms with E-state index in [9.17, 15) is 29.5 Å². The Balaban J connectivity index is 1.11. The first-order valence-electron chi connectivity index (χ1n) is 20.4. The Labute approximate surface area is 373 Å². The molecule has 0 bridgehead atoms. The predicted molar refractivity (Wildman–Crippen MR) is 225 cm³/mol. The third-order valence-electron chi connectivity index (χ3n) is 10.5. The monoisotopic (exact) mass is 958 g/mol. The fourth-order valence-corrected chi connectivity index (χ4v) is 10.5. The van der Waals surface area contributed by atoms with Gasteiger partial charge in [-0.3, -0.25) is 0 Å². The van der Waals surface area contributed by atoms with Gasteiger partial charge in [-0.25, -0.2) is 0 Å². The van der Waals surface area contributed by atoms with Crippen molar-refractivity contribution in [2.24, 2.45) is 5.92 Å². The van der Waals surface area contributed by atoms with Crippen LogP contribution in [0, 0.1) is 28.6 Å². The van der Waals surface area contributed by atoms with Gasteiger partial charge in [0.15, 0.2) is 0 Å². The molecule has 3 saturated heterocycles. The average Bonchev–Trinajstić information content (AvgIpc) is 4.07. The molecular formula is C38H42F2N12O12P2. The number of anilines is 2. The topological polar surface area (TPSA) is 304 Å². The summed E-state index contributed by atoms with van der Waals surface area (Å²) in [5.74, 6) is -1.68. The number of H-pyrrole nitrogens is 1. The molecule has 1 aromatic carbocycles. The number of halogens is 2. The number of benzene rings is 1. The zero-order valence-corrected chi connectivity index (χ0v) is 37.1. The number of carbonyl (C=O) groups is 2. The van der Waals surface area contributed by atoms with Crippen LogP contribution in [-0.4, -0.2) is 121 Å². The van der Waals surface area contributed by atoms with E-state index in [1.54, 1.807) is 44.2 Å². The van der Waals surface area contributed by atoms with Crippen LogP contribution in [0.15, 0.2) is 54.1 Å². The number of hydrogen-bond acceptors (Lipinski definition) is 19. The SMILES string of the molecule is CC(C)C(=O)Nc1nc2c(ncn2[C@@H]2O[C@@H]3CO[PH](C)(OCCC#N)O[C@H]4[C@@H](F)[C@H](n5cnc6c(NC(=O)c7ccccc7)ncnc65)O[C@@H]4COP(=O)(OCCC#N)O[C@H]3[C@H]2F)c(=O)[nH]1. The van der Waals surface area contributed by atoms with Crippen LogP contribution in [0.4, 0.5) is 20.5 Å². The molecule has 0 spiro atoms. The number of hydrogen-bond donors (Lipinski definition) is 3. The summed E-state index contributed by atoms with van der Waals surface area (Å²) >= 11 is 0. The zero-order valence-electron chi connectivity index (χ0n) is 35.2. The average molecular weight is 959 g/mol. The van der Waals surface area contributed by atoms with E-state index in [1.165, 1.54) is 17.6 Å². The Bertz CT molecular complexity index is 2790. The van der Waals surface area contributed by atoms with Gasteiger partial charge in [-0.1, -0.05) is 32.0 Å². The van der Waals surface area contributed by atoms with E-state index in [0.29, 0.717) is 5.56 Å². The summed E-state index contributed by atoms with van der Waals surface area (Å²) in [6.45, 7) is 2.52.